The van der Waals surface area contributed by atoms with Gasteiger partial charge < -0.3 is 14.1 Å². The Morgan fingerprint density at radius 3 is 2.46 bits per heavy atom. The van der Waals surface area contributed by atoms with E-state index in [9.17, 15) is 14.4 Å². The Morgan fingerprint density at radius 1 is 1.14 bits per heavy atom. The lowest BCUT2D eigenvalue weighted by molar-refractivity contribution is -0.136. The fraction of sp³-hybridized carbons (Fsp3) is 0.381. The van der Waals surface area contributed by atoms with Crippen molar-refractivity contribution in [1.82, 2.24) is 4.90 Å². The number of ether oxygens (including phenoxy) is 1. The lowest BCUT2D eigenvalue weighted by Crippen LogP contribution is -2.55. The average Bonchev–Trinajstić information content (AvgIpc) is 3.20. The third-order valence-corrected chi connectivity index (χ3v) is 4.79. The zero-order valence-electron chi connectivity index (χ0n) is 16.5. The molecule has 7 nitrogen and oxygen atoms in total. The number of benzene rings is 1. The zero-order chi connectivity index (χ0) is 20.5. The van der Waals surface area contributed by atoms with E-state index in [0.717, 1.165) is 0 Å². The van der Waals surface area contributed by atoms with Gasteiger partial charge in [-0.2, -0.15) is 0 Å². The molecule has 1 aliphatic heterocycles. The first-order valence-electron chi connectivity index (χ1n) is 9.29. The van der Waals surface area contributed by atoms with Gasteiger partial charge in [-0.1, -0.05) is 0 Å². The van der Waals surface area contributed by atoms with Gasteiger partial charge in [-0.3, -0.25) is 19.3 Å². The summed E-state index contributed by atoms with van der Waals surface area (Å²) in [6, 6.07) is 8.06. The summed E-state index contributed by atoms with van der Waals surface area (Å²) < 4.78 is 11.0. The van der Waals surface area contributed by atoms with Gasteiger partial charge in [0.25, 0.3) is 5.91 Å². The Labute approximate surface area is 163 Å². The Balaban J connectivity index is 2.00. The molecule has 1 aromatic heterocycles. The third kappa shape index (κ3) is 3.52. The van der Waals surface area contributed by atoms with Crippen LogP contribution in [0.4, 0.5) is 5.69 Å². The molecule has 0 saturated carbocycles. The molecule has 1 aliphatic rings. The van der Waals surface area contributed by atoms with Crippen LogP contribution in [0.2, 0.25) is 0 Å². The van der Waals surface area contributed by atoms with Gasteiger partial charge in [-0.25, -0.2) is 0 Å². The molecule has 0 fully saturated rings. The highest BCUT2D eigenvalue weighted by molar-refractivity contribution is 6.10. The number of likely N-dealkylation sites (N-methyl/N-ethyl adjacent to an activating group) is 1. The monoisotopic (exact) mass is 384 g/mol. The number of rotatable bonds is 6. The van der Waals surface area contributed by atoms with Crippen LogP contribution < -0.4 is 9.64 Å². The predicted molar refractivity (Wildman–Crippen MR) is 104 cm³/mol. The molecule has 2 aromatic rings. The van der Waals surface area contributed by atoms with Gasteiger partial charge in [0.1, 0.15) is 12.3 Å². The molecule has 0 saturated heterocycles. The van der Waals surface area contributed by atoms with Crippen LogP contribution in [0.15, 0.2) is 41.0 Å². The molecule has 28 heavy (non-hydrogen) atoms. The lowest BCUT2D eigenvalue weighted by atomic mass is 10.0. The topological polar surface area (TPSA) is 80.1 Å². The fourth-order valence-corrected chi connectivity index (χ4v) is 3.23. The normalized spacial score (nSPS) is 15.0. The molecule has 0 atom stereocenters. The quantitative estimate of drug-likeness (QED) is 0.716. The van der Waals surface area contributed by atoms with Gasteiger partial charge in [0.2, 0.25) is 11.7 Å². The number of amides is 2. The summed E-state index contributed by atoms with van der Waals surface area (Å²) in [6.45, 7) is 8.10. The first kappa shape index (κ1) is 19.7. The first-order valence-corrected chi connectivity index (χ1v) is 9.29. The van der Waals surface area contributed by atoms with Crippen LogP contribution >= 0.6 is 0 Å². The molecule has 1 aromatic carbocycles. The van der Waals surface area contributed by atoms with E-state index < -0.39 is 5.60 Å². The van der Waals surface area contributed by atoms with E-state index in [1.165, 1.54) is 11.2 Å². The van der Waals surface area contributed by atoms with Crippen LogP contribution in [0.1, 0.15) is 43.8 Å². The maximum Gasteiger partial charge on any atom is 0.271 e. The van der Waals surface area contributed by atoms with Crippen molar-refractivity contribution >= 4 is 23.3 Å². The molecular weight excluding hydrogens is 360 g/mol. The van der Waals surface area contributed by atoms with Crippen molar-refractivity contribution in [3.05, 3.63) is 47.9 Å². The number of hydrogen-bond acceptors (Lipinski definition) is 5. The average molecular weight is 384 g/mol. The second kappa shape index (κ2) is 7.50. The van der Waals surface area contributed by atoms with Crippen molar-refractivity contribution < 1.29 is 23.5 Å². The summed E-state index contributed by atoms with van der Waals surface area (Å²) in [5.41, 5.74) is -0.351. The fourth-order valence-electron chi connectivity index (χ4n) is 3.23. The highest BCUT2D eigenvalue weighted by Gasteiger charge is 2.42. The number of hydrogen-bond donors (Lipinski definition) is 0. The number of anilines is 1. The molecule has 0 N–H and O–H groups in total. The molecule has 3 rings (SSSR count). The minimum absolute atomic E-state index is 0.112. The molecule has 2 heterocycles. The number of carbonyl (C=O) groups excluding carboxylic acids is 3. The van der Waals surface area contributed by atoms with E-state index in [4.69, 9.17) is 9.15 Å². The van der Waals surface area contributed by atoms with Crippen molar-refractivity contribution in [2.24, 2.45) is 0 Å². The number of carbonyl (C=O) groups is 3. The third-order valence-electron chi connectivity index (χ3n) is 4.79. The highest BCUT2D eigenvalue weighted by Crippen LogP contribution is 2.38. The largest absolute Gasteiger partial charge is 0.476 e. The van der Waals surface area contributed by atoms with Crippen LogP contribution in [0.25, 0.3) is 0 Å². The standard InChI is InChI=1S/C21H24N2O5/c1-5-22(6-2)18(24)13-23-15-12-14(19(25)17-8-7-11-27-17)9-10-16(15)28-21(3,4)20(23)26/h7-12H,5-6,13H2,1-4H3. The number of nitrogens with zero attached hydrogens (tertiary/aromatic N) is 2. The van der Waals surface area contributed by atoms with E-state index in [-0.39, 0.29) is 29.9 Å². The zero-order valence-corrected chi connectivity index (χ0v) is 16.5. The summed E-state index contributed by atoms with van der Waals surface area (Å²) in [5.74, 6) is -0.144. The molecule has 0 unspecified atom stereocenters. The van der Waals surface area contributed by atoms with Crippen LogP contribution in [0.5, 0.6) is 5.75 Å². The Morgan fingerprint density at radius 2 is 1.86 bits per heavy atom. The van der Waals surface area contributed by atoms with E-state index in [1.807, 2.05) is 13.8 Å². The van der Waals surface area contributed by atoms with Gasteiger partial charge in [0.05, 0.1) is 12.0 Å². The minimum atomic E-state index is -1.11. The van der Waals surface area contributed by atoms with Gasteiger partial charge in [0.15, 0.2) is 11.4 Å². The van der Waals surface area contributed by atoms with Crippen molar-refractivity contribution in [1.29, 1.82) is 0 Å². The summed E-state index contributed by atoms with van der Waals surface area (Å²) >= 11 is 0. The maximum absolute atomic E-state index is 13.0. The van der Waals surface area contributed by atoms with Crippen LogP contribution in [-0.4, -0.2) is 47.7 Å². The van der Waals surface area contributed by atoms with Gasteiger partial charge in [-0.05, 0) is 58.0 Å². The number of ketones is 1. The molecular formula is C21H24N2O5. The molecule has 0 bridgehead atoms. The number of furan rings is 1. The van der Waals surface area contributed by atoms with Gasteiger partial charge in [0, 0.05) is 18.7 Å². The summed E-state index contributed by atoms with van der Waals surface area (Å²) in [6.07, 6.45) is 1.43. The Hall–Kier alpha value is -3.09. The van der Waals surface area contributed by atoms with Crippen molar-refractivity contribution in [3.63, 3.8) is 0 Å². The highest BCUT2D eigenvalue weighted by atomic mass is 16.5. The second-order valence-corrected chi connectivity index (χ2v) is 7.06. The minimum Gasteiger partial charge on any atom is -0.476 e. The molecule has 148 valence electrons. The van der Waals surface area contributed by atoms with Crippen molar-refractivity contribution in [2.45, 2.75) is 33.3 Å². The predicted octanol–water partition coefficient (Wildman–Crippen LogP) is 2.88. The van der Waals surface area contributed by atoms with E-state index >= 15 is 0 Å². The van der Waals surface area contributed by atoms with Crippen LogP contribution in [-0.2, 0) is 9.59 Å². The first-order chi connectivity index (χ1) is 13.3. The molecule has 0 radical (unpaired) electrons. The summed E-state index contributed by atoms with van der Waals surface area (Å²) in [7, 11) is 0. The van der Waals surface area contributed by atoms with Crippen LogP contribution in [0.3, 0.4) is 0 Å². The Kier molecular flexibility index (Phi) is 5.27. The maximum atomic E-state index is 13.0. The summed E-state index contributed by atoms with van der Waals surface area (Å²) in [4.78, 5) is 41.3. The van der Waals surface area contributed by atoms with E-state index in [2.05, 4.69) is 0 Å². The van der Waals surface area contributed by atoms with Gasteiger partial charge in [-0.15, -0.1) is 0 Å². The van der Waals surface area contributed by atoms with Gasteiger partial charge >= 0.3 is 0 Å². The van der Waals surface area contributed by atoms with Crippen molar-refractivity contribution in [2.75, 3.05) is 24.5 Å². The molecule has 0 aliphatic carbocycles. The molecule has 0 spiro atoms. The second-order valence-electron chi connectivity index (χ2n) is 7.06. The lowest BCUT2D eigenvalue weighted by Gasteiger charge is -2.39. The van der Waals surface area contributed by atoms with Crippen molar-refractivity contribution in [3.8, 4) is 5.75 Å². The Bertz CT molecular complexity index is 898. The smallest absolute Gasteiger partial charge is 0.271 e. The van der Waals surface area contributed by atoms with E-state index in [1.54, 1.807) is 49.1 Å². The van der Waals surface area contributed by atoms with Crippen LogP contribution in [0, 0.1) is 0 Å². The molecule has 2 amide bonds. The van der Waals surface area contributed by atoms with E-state index in [0.29, 0.717) is 30.1 Å². The SMILES string of the molecule is CCN(CC)C(=O)CN1C(=O)C(C)(C)Oc2ccc(C(=O)c3ccco3)cc21. The number of fused-ring (bicyclic) bond motifs is 1. The molecule has 7 heteroatoms. The summed E-state index contributed by atoms with van der Waals surface area (Å²) in [5, 5.41) is 0.